The van der Waals surface area contributed by atoms with Gasteiger partial charge in [0, 0.05) is 31.5 Å². The van der Waals surface area contributed by atoms with Gasteiger partial charge in [-0.15, -0.1) is 0 Å². The zero-order chi connectivity index (χ0) is 12.6. The lowest BCUT2D eigenvalue weighted by Gasteiger charge is -2.12. The topological polar surface area (TPSA) is 32.9 Å². The fourth-order valence-corrected chi connectivity index (χ4v) is 3.02. The van der Waals surface area contributed by atoms with Gasteiger partial charge in [0.2, 0.25) is 5.56 Å². The largest absolute Gasteiger partial charge is 0.321 e. The molecule has 1 heterocycles. The van der Waals surface area contributed by atoms with Gasteiger partial charge in [-0.2, -0.15) is 0 Å². The van der Waals surface area contributed by atoms with Gasteiger partial charge in [0.15, 0.2) is 0 Å². The summed E-state index contributed by atoms with van der Waals surface area (Å²) in [7, 11) is 0. The van der Waals surface area contributed by atoms with E-state index in [-0.39, 0.29) is 16.7 Å². The first-order valence-corrected chi connectivity index (χ1v) is 6.32. The highest BCUT2D eigenvalue weighted by atomic mass is 79.9. The van der Waals surface area contributed by atoms with Crippen LogP contribution in [0.5, 0.6) is 0 Å². The number of pyridine rings is 1. The Morgan fingerprint density at radius 3 is 2.24 bits per heavy atom. The zero-order valence-electron chi connectivity index (χ0n) is 8.49. The van der Waals surface area contributed by atoms with Gasteiger partial charge in [-0.25, -0.2) is 8.78 Å². The minimum Gasteiger partial charge on any atom is -0.321 e. The molecule has 1 aromatic carbocycles. The monoisotopic (exact) mass is 365 g/mol. The molecule has 0 aliphatic carbocycles. The van der Waals surface area contributed by atoms with Crippen LogP contribution in [0.2, 0.25) is 0 Å². The van der Waals surface area contributed by atoms with E-state index in [2.05, 4.69) is 36.8 Å². The van der Waals surface area contributed by atoms with E-state index in [9.17, 15) is 13.6 Å². The number of alkyl halides is 2. The van der Waals surface area contributed by atoms with Gasteiger partial charge in [0.05, 0.1) is 5.52 Å². The van der Waals surface area contributed by atoms with E-state index in [1.807, 2.05) is 0 Å². The first kappa shape index (κ1) is 12.7. The molecule has 1 aromatic heterocycles. The summed E-state index contributed by atoms with van der Waals surface area (Å²) < 4.78 is 26.7. The van der Waals surface area contributed by atoms with Crippen LogP contribution in [0.1, 0.15) is 11.1 Å². The first-order chi connectivity index (χ1) is 8.10. The van der Waals surface area contributed by atoms with Gasteiger partial charge < -0.3 is 4.98 Å². The standard InChI is InChI=1S/C11H7Br2F2NO/c12-9-5-1-2-8(17)16-11(5)10(13)7(4-15)6(9)3-14/h1-2H,3-4H2,(H,16,17). The molecular weight excluding hydrogens is 360 g/mol. The molecule has 17 heavy (non-hydrogen) atoms. The van der Waals surface area contributed by atoms with Crippen LogP contribution in [0, 0.1) is 0 Å². The average Bonchev–Trinajstić information content (AvgIpc) is 2.33. The molecule has 1 N–H and O–H groups in total. The van der Waals surface area contributed by atoms with E-state index >= 15 is 0 Å². The molecule has 0 amide bonds. The van der Waals surface area contributed by atoms with Gasteiger partial charge in [-0.1, -0.05) is 0 Å². The average molecular weight is 367 g/mol. The van der Waals surface area contributed by atoms with Crippen molar-refractivity contribution in [2.24, 2.45) is 0 Å². The number of aromatic nitrogens is 1. The lowest BCUT2D eigenvalue weighted by molar-refractivity contribution is 0.453. The summed E-state index contributed by atoms with van der Waals surface area (Å²) in [6, 6.07) is 2.92. The fourth-order valence-electron chi connectivity index (χ4n) is 1.69. The number of hydrogen-bond acceptors (Lipinski definition) is 1. The Morgan fingerprint density at radius 2 is 1.65 bits per heavy atom. The minimum absolute atomic E-state index is 0.216. The quantitative estimate of drug-likeness (QED) is 0.856. The van der Waals surface area contributed by atoms with Crippen molar-refractivity contribution in [1.29, 1.82) is 0 Å². The SMILES string of the molecule is O=c1ccc2c(Br)c(CF)c(CF)c(Br)c2[nH]1. The zero-order valence-corrected chi connectivity index (χ0v) is 11.7. The molecule has 0 spiro atoms. The van der Waals surface area contributed by atoms with Crippen molar-refractivity contribution < 1.29 is 8.78 Å². The Labute approximate surface area is 112 Å². The molecular formula is C11H7Br2F2NO. The third-order valence-corrected chi connectivity index (χ3v) is 4.32. The number of aromatic amines is 1. The third-order valence-electron chi connectivity index (χ3n) is 2.54. The molecule has 0 aliphatic heterocycles. The number of halogens is 4. The van der Waals surface area contributed by atoms with E-state index in [1.54, 1.807) is 6.07 Å². The van der Waals surface area contributed by atoms with Crippen LogP contribution >= 0.6 is 31.9 Å². The molecule has 2 nitrogen and oxygen atoms in total. The minimum atomic E-state index is -0.800. The molecule has 0 bridgehead atoms. The lowest BCUT2D eigenvalue weighted by Crippen LogP contribution is -2.05. The van der Waals surface area contributed by atoms with Crippen molar-refractivity contribution in [3.8, 4) is 0 Å². The summed E-state index contributed by atoms with van der Waals surface area (Å²) in [6.45, 7) is -1.57. The van der Waals surface area contributed by atoms with Crippen LogP contribution in [0.4, 0.5) is 8.78 Å². The van der Waals surface area contributed by atoms with Gasteiger partial charge >= 0.3 is 0 Å². The maximum Gasteiger partial charge on any atom is 0.248 e. The molecule has 0 aliphatic rings. The molecule has 0 saturated heterocycles. The van der Waals surface area contributed by atoms with Crippen LogP contribution in [0.25, 0.3) is 10.9 Å². The summed E-state index contributed by atoms with van der Waals surface area (Å²) in [4.78, 5) is 13.8. The van der Waals surface area contributed by atoms with Crippen LogP contribution in [0.3, 0.4) is 0 Å². The number of fused-ring (bicyclic) bond motifs is 1. The van der Waals surface area contributed by atoms with E-state index < -0.39 is 13.3 Å². The summed E-state index contributed by atoms with van der Waals surface area (Å²) in [5, 5.41) is 0.640. The van der Waals surface area contributed by atoms with Crippen LogP contribution in [-0.4, -0.2) is 4.98 Å². The number of rotatable bonds is 2. The molecule has 2 aromatic rings. The predicted octanol–water partition coefficient (Wildman–Crippen LogP) is 3.99. The Hall–Kier alpha value is -0.750. The normalized spacial score (nSPS) is 11.1. The van der Waals surface area contributed by atoms with Gasteiger partial charge in [-0.05, 0) is 37.9 Å². The van der Waals surface area contributed by atoms with E-state index in [1.165, 1.54) is 6.07 Å². The molecule has 2 rings (SSSR count). The number of hydrogen-bond donors (Lipinski definition) is 1. The summed E-state index contributed by atoms with van der Waals surface area (Å²) in [6.07, 6.45) is 0. The van der Waals surface area contributed by atoms with Gasteiger partial charge in [0.1, 0.15) is 13.3 Å². The second kappa shape index (κ2) is 4.86. The van der Waals surface area contributed by atoms with Crippen molar-refractivity contribution in [3.63, 3.8) is 0 Å². The predicted molar refractivity (Wildman–Crippen MR) is 69.6 cm³/mol. The van der Waals surface area contributed by atoms with E-state index in [0.29, 0.717) is 19.8 Å². The van der Waals surface area contributed by atoms with Crippen molar-refractivity contribution in [2.75, 3.05) is 0 Å². The van der Waals surface area contributed by atoms with Crippen LogP contribution in [-0.2, 0) is 13.3 Å². The Morgan fingerprint density at radius 1 is 1.06 bits per heavy atom. The van der Waals surface area contributed by atoms with E-state index in [4.69, 9.17) is 0 Å². The summed E-state index contributed by atoms with van der Waals surface area (Å²) in [5.41, 5.74) is 0.657. The van der Waals surface area contributed by atoms with Crippen LogP contribution < -0.4 is 5.56 Å². The highest BCUT2D eigenvalue weighted by molar-refractivity contribution is 9.11. The maximum atomic E-state index is 12.9. The highest BCUT2D eigenvalue weighted by Crippen LogP contribution is 2.36. The summed E-state index contributed by atoms with van der Waals surface area (Å²) >= 11 is 6.45. The van der Waals surface area contributed by atoms with Crippen molar-refractivity contribution in [1.82, 2.24) is 4.98 Å². The second-order valence-electron chi connectivity index (χ2n) is 3.46. The summed E-state index contributed by atoms with van der Waals surface area (Å²) in [5.74, 6) is 0. The van der Waals surface area contributed by atoms with Gasteiger partial charge in [-0.3, -0.25) is 4.79 Å². The Balaban J connectivity index is 2.99. The number of H-pyrrole nitrogens is 1. The van der Waals surface area contributed by atoms with E-state index in [0.717, 1.165) is 0 Å². The first-order valence-electron chi connectivity index (χ1n) is 4.73. The highest BCUT2D eigenvalue weighted by Gasteiger charge is 2.16. The Kier molecular flexibility index (Phi) is 3.63. The molecule has 6 heteroatoms. The van der Waals surface area contributed by atoms with Crippen LogP contribution in [0.15, 0.2) is 25.9 Å². The second-order valence-corrected chi connectivity index (χ2v) is 5.05. The van der Waals surface area contributed by atoms with Crippen molar-refractivity contribution in [2.45, 2.75) is 13.3 Å². The molecule has 0 unspecified atom stereocenters. The molecule has 0 atom stereocenters. The maximum absolute atomic E-state index is 12.9. The number of benzene rings is 1. The Bertz CT molecular complexity index is 639. The smallest absolute Gasteiger partial charge is 0.248 e. The molecule has 90 valence electrons. The third kappa shape index (κ3) is 2.04. The molecule has 0 fully saturated rings. The lowest BCUT2D eigenvalue weighted by atomic mass is 10.1. The molecule has 0 saturated carbocycles. The molecule has 0 radical (unpaired) electrons. The van der Waals surface area contributed by atoms with Crippen molar-refractivity contribution in [3.05, 3.63) is 42.6 Å². The van der Waals surface area contributed by atoms with Crippen molar-refractivity contribution >= 4 is 42.8 Å². The fraction of sp³-hybridized carbons (Fsp3) is 0.182. The number of nitrogens with one attached hydrogen (secondary N) is 1. The van der Waals surface area contributed by atoms with Gasteiger partial charge in [0.25, 0.3) is 0 Å².